The molecule has 0 radical (unpaired) electrons. The fourth-order valence-electron chi connectivity index (χ4n) is 4.14. The Morgan fingerprint density at radius 2 is 1.71 bits per heavy atom. The molecule has 0 heterocycles. The lowest BCUT2D eigenvalue weighted by Gasteiger charge is -2.32. The van der Waals surface area contributed by atoms with E-state index in [2.05, 4.69) is 36.6 Å². The molecule has 0 bridgehead atoms. The van der Waals surface area contributed by atoms with Crippen LogP contribution in [0.1, 0.15) is 37.8 Å². The Labute approximate surface area is 209 Å². The average molecular weight is 483 g/mol. The van der Waals surface area contributed by atoms with Gasteiger partial charge < -0.3 is 23.8 Å². The molecular formula is C28H38N2O5. The van der Waals surface area contributed by atoms with Crippen molar-refractivity contribution in [1.82, 2.24) is 4.90 Å². The molecule has 2 aromatic rings. The molecule has 0 aliphatic rings. The van der Waals surface area contributed by atoms with E-state index >= 15 is 0 Å². The van der Waals surface area contributed by atoms with Gasteiger partial charge in [0.05, 0.1) is 32.8 Å². The minimum absolute atomic E-state index is 0.0948. The summed E-state index contributed by atoms with van der Waals surface area (Å²) in [5.74, 6) is 1.69. The second-order valence-electron chi connectivity index (χ2n) is 8.97. The molecule has 0 N–H and O–H groups in total. The van der Waals surface area contributed by atoms with Crippen LogP contribution in [0.25, 0.3) is 0 Å². The number of rotatable bonds is 14. The van der Waals surface area contributed by atoms with Crippen molar-refractivity contribution in [1.29, 1.82) is 5.26 Å². The topological polar surface area (TPSA) is 81.0 Å². The molecule has 7 nitrogen and oxygen atoms in total. The van der Waals surface area contributed by atoms with Gasteiger partial charge in [-0.2, -0.15) is 5.26 Å². The highest BCUT2D eigenvalue weighted by Crippen LogP contribution is 2.40. The van der Waals surface area contributed by atoms with Crippen LogP contribution in [0.15, 0.2) is 42.5 Å². The van der Waals surface area contributed by atoms with Gasteiger partial charge in [0.25, 0.3) is 0 Å². The summed E-state index contributed by atoms with van der Waals surface area (Å²) in [7, 11) is 6.67. The Bertz CT molecular complexity index is 984. The number of carbonyl (C=O) groups excluding carboxylic acids is 1. The number of ether oxygens (including phenoxy) is 4. The molecule has 0 amide bonds. The van der Waals surface area contributed by atoms with Gasteiger partial charge in [-0.25, -0.2) is 4.79 Å². The van der Waals surface area contributed by atoms with Crippen LogP contribution in [0.3, 0.4) is 0 Å². The molecule has 2 aromatic carbocycles. The Morgan fingerprint density at radius 1 is 1.03 bits per heavy atom. The number of nitrogens with zero attached hydrogens (tertiary/aromatic N) is 2. The van der Waals surface area contributed by atoms with Gasteiger partial charge in [0, 0.05) is 6.54 Å². The molecular weight excluding hydrogens is 444 g/mol. The zero-order valence-corrected chi connectivity index (χ0v) is 21.8. The fraction of sp³-hybridized carbons (Fsp3) is 0.500. The molecule has 7 heteroatoms. The van der Waals surface area contributed by atoms with Crippen molar-refractivity contribution in [2.75, 3.05) is 48.1 Å². The number of nitriles is 1. The normalized spacial score (nSPS) is 12.7. The lowest BCUT2D eigenvalue weighted by molar-refractivity contribution is -0.142. The van der Waals surface area contributed by atoms with Crippen LogP contribution in [0.5, 0.6) is 17.2 Å². The minimum atomic E-state index is -0.597. The van der Waals surface area contributed by atoms with Crippen LogP contribution in [-0.2, 0) is 21.4 Å². The number of methoxy groups -OCH3 is 3. The van der Waals surface area contributed by atoms with Gasteiger partial charge in [-0.05, 0) is 74.2 Å². The molecule has 0 spiro atoms. The van der Waals surface area contributed by atoms with Crippen LogP contribution in [-0.4, -0.2) is 58.9 Å². The van der Waals surface area contributed by atoms with Crippen molar-refractivity contribution in [2.45, 2.75) is 38.5 Å². The number of likely N-dealkylation sites (N-methyl/N-ethyl adjacent to an activating group) is 1. The van der Waals surface area contributed by atoms with E-state index in [1.165, 1.54) is 12.7 Å². The summed E-state index contributed by atoms with van der Waals surface area (Å²) in [5, 5.41) is 10.2. The molecule has 1 unspecified atom stereocenters. The van der Waals surface area contributed by atoms with Gasteiger partial charge in [-0.3, -0.25) is 0 Å². The highest BCUT2D eigenvalue weighted by Gasteiger charge is 2.36. The minimum Gasteiger partial charge on any atom is -0.493 e. The second-order valence-corrected chi connectivity index (χ2v) is 8.97. The molecule has 0 aliphatic carbocycles. The highest BCUT2D eigenvalue weighted by molar-refractivity contribution is 5.70. The van der Waals surface area contributed by atoms with Crippen LogP contribution in [0.2, 0.25) is 0 Å². The maximum absolute atomic E-state index is 11.2. The molecule has 190 valence electrons. The van der Waals surface area contributed by atoms with E-state index < -0.39 is 11.4 Å². The first-order valence-corrected chi connectivity index (χ1v) is 11.9. The standard InChI is InChI=1S/C28H38N2O5/c1-21(2)28(20-29,23-10-13-25(32-4)26(18-23)33-5)15-7-16-30(3)17-14-22-8-11-24(12-9-22)35-19-27(31)34-6/h8-13,18,21H,7,14-17,19H2,1-6H3. The smallest absolute Gasteiger partial charge is 0.343 e. The molecule has 1 atom stereocenters. The van der Waals surface area contributed by atoms with E-state index in [-0.39, 0.29) is 12.5 Å². The van der Waals surface area contributed by atoms with Gasteiger partial charge >= 0.3 is 5.97 Å². The first-order valence-electron chi connectivity index (χ1n) is 11.9. The third-order valence-electron chi connectivity index (χ3n) is 6.48. The maximum atomic E-state index is 11.2. The number of hydrogen-bond acceptors (Lipinski definition) is 7. The number of carbonyl (C=O) groups is 1. The second kappa shape index (κ2) is 13.6. The predicted molar refractivity (Wildman–Crippen MR) is 136 cm³/mol. The largest absolute Gasteiger partial charge is 0.493 e. The quantitative estimate of drug-likeness (QED) is 0.363. The van der Waals surface area contributed by atoms with Gasteiger partial charge in [0.2, 0.25) is 0 Å². The molecule has 0 fully saturated rings. The zero-order chi connectivity index (χ0) is 25.8. The van der Waals surface area contributed by atoms with E-state index in [9.17, 15) is 10.1 Å². The SMILES string of the molecule is COC(=O)COc1ccc(CCN(C)CCCC(C#N)(c2ccc(OC)c(OC)c2)C(C)C)cc1. The molecule has 2 rings (SSSR count). The molecule has 0 saturated carbocycles. The first-order chi connectivity index (χ1) is 16.8. The summed E-state index contributed by atoms with van der Waals surface area (Å²) < 4.78 is 20.8. The average Bonchev–Trinajstić information content (AvgIpc) is 2.88. The third kappa shape index (κ3) is 7.63. The Kier molecular flexibility index (Phi) is 10.9. The van der Waals surface area contributed by atoms with Crippen molar-refractivity contribution in [3.8, 4) is 23.3 Å². The third-order valence-corrected chi connectivity index (χ3v) is 6.48. The summed E-state index contributed by atoms with van der Waals surface area (Å²) in [6, 6.07) is 16.2. The van der Waals surface area contributed by atoms with Crippen molar-refractivity contribution in [2.24, 2.45) is 5.92 Å². The Morgan fingerprint density at radius 3 is 2.29 bits per heavy atom. The lowest BCUT2D eigenvalue weighted by Crippen LogP contribution is -2.32. The van der Waals surface area contributed by atoms with E-state index in [1.807, 2.05) is 42.5 Å². The lowest BCUT2D eigenvalue weighted by atomic mass is 9.69. The summed E-state index contributed by atoms with van der Waals surface area (Å²) >= 11 is 0. The Balaban J connectivity index is 1.92. The highest BCUT2D eigenvalue weighted by atomic mass is 16.6. The van der Waals surface area contributed by atoms with Crippen molar-refractivity contribution < 1.29 is 23.7 Å². The number of benzene rings is 2. The van der Waals surface area contributed by atoms with Gasteiger partial charge in [0.1, 0.15) is 5.75 Å². The summed E-state index contributed by atoms with van der Waals surface area (Å²) in [4.78, 5) is 13.5. The van der Waals surface area contributed by atoms with Crippen molar-refractivity contribution in [3.63, 3.8) is 0 Å². The predicted octanol–water partition coefficient (Wildman–Crippen LogP) is 4.63. The molecule has 0 aromatic heterocycles. The van der Waals surface area contributed by atoms with E-state index in [0.29, 0.717) is 17.2 Å². The Hall–Kier alpha value is -3.24. The summed E-state index contributed by atoms with van der Waals surface area (Å²) in [5.41, 5.74) is 1.56. The maximum Gasteiger partial charge on any atom is 0.343 e. The van der Waals surface area contributed by atoms with E-state index in [0.717, 1.165) is 37.9 Å². The van der Waals surface area contributed by atoms with Crippen molar-refractivity contribution >= 4 is 5.97 Å². The van der Waals surface area contributed by atoms with Crippen LogP contribution in [0, 0.1) is 17.2 Å². The number of esters is 1. The van der Waals surface area contributed by atoms with E-state index in [1.54, 1.807) is 14.2 Å². The zero-order valence-electron chi connectivity index (χ0n) is 21.8. The molecule has 0 aliphatic heterocycles. The van der Waals surface area contributed by atoms with Crippen LogP contribution in [0.4, 0.5) is 0 Å². The first kappa shape index (κ1) is 28.0. The fourth-order valence-corrected chi connectivity index (χ4v) is 4.14. The molecule has 35 heavy (non-hydrogen) atoms. The number of hydrogen-bond donors (Lipinski definition) is 0. The van der Waals surface area contributed by atoms with Gasteiger partial charge in [-0.15, -0.1) is 0 Å². The van der Waals surface area contributed by atoms with E-state index in [4.69, 9.17) is 14.2 Å². The van der Waals surface area contributed by atoms with Crippen LogP contribution < -0.4 is 14.2 Å². The summed E-state index contributed by atoms with van der Waals surface area (Å²) in [6.45, 7) is 5.90. The monoisotopic (exact) mass is 482 g/mol. The van der Waals surface area contributed by atoms with Gasteiger partial charge in [0.15, 0.2) is 18.1 Å². The van der Waals surface area contributed by atoms with Gasteiger partial charge in [-0.1, -0.05) is 32.0 Å². The van der Waals surface area contributed by atoms with Crippen LogP contribution >= 0.6 is 0 Å². The van der Waals surface area contributed by atoms with Crippen molar-refractivity contribution in [3.05, 3.63) is 53.6 Å². The summed E-state index contributed by atoms with van der Waals surface area (Å²) in [6.07, 6.45) is 2.56. The molecule has 0 saturated heterocycles.